The van der Waals surface area contributed by atoms with E-state index in [2.05, 4.69) is 55.6 Å². The second-order valence-corrected chi connectivity index (χ2v) is 20.4. The molecule has 0 aliphatic carbocycles. The Bertz CT molecular complexity index is 4600. The monoisotopic (exact) mass is 1440 g/mol. The van der Waals surface area contributed by atoms with Gasteiger partial charge in [0.05, 0.1) is 25.5 Å². The molecule has 0 bridgehead atoms. The molecule has 12 rings (SSSR count). The van der Waals surface area contributed by atoms with Crippen molar-refractivity contribution in [1.82, 2.24) is 34.9 Å². The number of aromatic carboxylic acids is 1. The normalized spacial score (nSPS) is 10.6. The molecule has 0 fully saturated rings. The van der Waals surface area contributed by atoms with E-state index in [9.17, 15) is 51.2 Å². The van der Waals surface area contributed by atoms with Crippen LogP contribution < -0.4 is 11.5 Å². The Hall–Kier alpha value is -12.8. The average Bonchev–Trinajstić information content (AvgIpc) is 1.69. The summed E-state index contributed by atoms with van der Waals surface area (Å²) in [4.78, 5) is 82.7. The zero-order valence-corrected chi connectivity index (χ0v) is 53.8. The number of aromatic nitrogens is 7. The number of Topliss-reactive ketones (excluding diaryl/α,β-unsaturated/α-hetero) is 1. The van der Waals surface area contributed by atoms with Crippen LogP contribution in [0.3, 0.4) is 0 Å². The van der Waals surface area contributed by atoms with E-state index >= 15 is 0 Å². The predicted molar refractivity (Wildman–Crippen MR) is 341 cm³/mol. The van der Waals surface area contributed by atoms with Crippen LogP contribution >= 0.6 is 15.9 Å². The van der Waals surface area contributed by atoms with Gasteiger partial charge in [0.1, 0.15) is 78.8 Å². The van der Waals surface area contributed by atoms with E-state index in [-0.39, 0.29) is 110 Å². The van der Waals surface area contributed by atoms with Crippen molar-refractivity contribution >= 4 is 45.5 Å². The molecule has 5 aromatic carbocycles. The van der Waals surface area contributed by atoms with Gasteiger partial charge in [-0.05, 0) is 148 Å². The summed E-state index contributed by atoms with van der Waals surface area (Å²) in [5, 5.41) is 26.4. The summed E-state index contributed by atoms with van der Waals surface area (Å²) in [6.07, 6.45) is 11.9. The quantitative estimate of drug-likeness (QED) is 0.0293. The summed E-state index contributed by atoms with van der Waals surface area (Å²) in [5.41, 5.74) is 14.6. The van der Waals surface area contributed by atoms with Gasteiger partial charge in [-0.25, -0.2) is 56.3 Å². The van der Waals surface area contributed by atoms with Gasteiger partial charge in [0.15, 0.2) is 39.9 Å². The topological polar surface area (TPSA) is 406 Å². The number of ketones is 1. The van der Waals surface area contributed by atoms with Crippen molar-refractivity contribution in [1.29, 1.82) is 10.5 Å². The standard InChI is InChI=1S/C20H19FN4O3.C12H10FNO3.C10H7FN2O2.C10H5FN2O.C10H6FNO3.C6H6BrNO3/c21-14-8-6-13(7-9-14)19-25-16(12-22)18(28-19)15(23)4-2-1-3-5-17(26)20-24-10-11-27-20;1-2-16-12(15)10-7-17-11(14-10)8-3-5-9(13)6-4-8;11-7-3-1-6(2-4-7)10-13-8(5-15-10)9(12)14;11-8-3-1-7(2-4-8)10-13-9(5-12)6-14-10;11-7-3-1-6(2-4-7)9-12-8(5-15-9)10(13)14;1-2-10-5(9)4-3-11-6(7)8-4/h6-11,15H,1-5,23H2;3-7H,2H2,1H3;1-5H,(H2,12,14);1-4,6H;1-5H,(H,13,14);3H,2H2,1H3/t15-;;;;;/m0...../s1. The van der Waals surface area contributed by atoms with Crippen LogP contribution in [-0.4, -0.2) is 82.8 Å². The number of carboxylic acids is 1. The van der Waals surface area contributed by atoms with Crippen LogP contribution in [0.4, 0.5) is 22.0 Å². The molecule has 0 unspecified atom stereocenters. The maximum absolute atomic E-state index is 13.1. The summed E-state index contributed by atoms with van der Waals surface area (Å²) in [6.45, 7) is 4.05. The van der Waals surface area contributed by atoms with Crippen LogP contribution in [0.25, 0.3) is 57.3 Å². The first-order valence-electron chi connectivity index (χ1n) is 29.2. The van der Waals surface area contributed by atoms with Gasteiger partial charge >= 0.3 is 17.9 Å². The number of hydrogen-bond donors (Lipinski definition) is 3. The van der Waals surface area contributed by atoms with Gasteiger partial charge in [-0.1, -0.05) is 12.8 Å². The van der Waals surface area contributed by atoms with E-state index in [4.69, 9.17) is 57.5 Å². The lowest BCUT2D eigenvalue weighted by atomic mass is 10.0. The summed E-state index contributed by atoms with van der Waals surface area (Å²) in [6, 6.07) is 31.4. The van der Waals surface area contributed by atoms with Gasteiger partial charge in [0.25, 0.3) is 16.6 Å². The van der Waals surface area contributed by atoms with E-state index in [1.807, 2.05) is 12.1 Å². The van der Waals surface area contributed by atoms with Crippen molar-refractivity contribution in [2.24, 2.45) is 11.5 Å². The van der Waals surface area contributed by atoms with Crippen LogP contribution in [0.15, 0.2) is 201 Å². The van der Waals surface area contributed by atoms with Crippen molar-refractivity contribution in [2.75, 3.05) is 13.2 Å². The highest BCUT2D eigenvalue weighted by Gasteiger charge is 2.22. The fraction of sp³-hybridized carbons (Fsp3) is 0.147. The van der Waals surface area contributed by atoms with Crippen molar-refractivity contribution < 1.29 is 91.4 Å². The third-order valence-corrected chi connectivity index (χ3v) is 13.1. The number of nitrogens with zero attached hydrogens (tertiary/aromatic N) is 9. The number of carboxylic acid groups (broad SMARTS) is 1. The summed E-state index contributed by atoms with van der Waals surface area (Å²) < 4.78 is 108. The molecular weight excluding hydrogens is 1390 g/mol. The Kier molecular flexibility index (Phi) is 28.0. The van der Waals surface area contributed by atoms with Gasteiger partial charge in [0.2, 0.25) is 35.2 Å². The number of unbranched alkanes of at least 4 members (excludes halogenated alkanes) is 2. The number of amides is 1. The molecular formula is C68H53BrF5N11O15. The second-order valence-electron chi connectivity index (χ2n) is 19.7. The molecule has 26 nitrogen and oxygen atoms in total. The molecule has 0 saturated carbocycles. The zero-order chi connectivity index (χ0) is 72.1. The average molecular weight is 1440 g/mol. The number of primary amides is 1. The third-order valence-electron chi connectivity index (χ3n) is 12.7. The predicted octanol–water partition coefficient (Wildman–Crippen LogP) is 14.6. The maximum atomic E-state index is 13.1. The molecule has 0 aliphatic heterocycles. The SMILES string of the molecule is CCOC(=O)c1coc(-c2ccc(F)cc2)n1.CCOC(=O)c1coc(Br)n1.N#Cc1coc(-c2ccc(F)cc2)n1.N#Cc1nc(-c2ccc(F)cc2)oc1[C@@H](N)CCCCCC(=O)c1ncco1.NC(=O)c1coc(-c2ccc(F)cc2)n1.O=C(O)c1coc(-c2ccc(F)cc2)n1. The number of esters is 2. The first-order chi connectivity index (χ1) is 48.1. The Morgan fingerprint density at radius 1 is 0.520 bits per heavy atom. The zero-order valence-electron chi connectivity index (χ0n) is 52.2. The third kappa shape index (κ3) is 22.7. The van der Waals surface area contributed by atoms with Crippen molar-refractivity contribution in [3.05, 3.63) is 245 Å². The van der Waals surface area contributed by atoms with Gasteiger partial charge in [0, 0.05) is 50.2 Å². The number of nitriles is 2. The molecule has 5 N–H and O–H groups in total. The van der Waals surface area contributed by atoms with Crippen LogP contribution in [0.5, 0.6) is 0 Å². The van der Waals surface area contributed by atoms with E-state index in [1.54, 1.807) is 26.0 Å². The van der Waals surface area contributed by atoms with Crippen LogP contribution in [0, 0.1) is 51.7 Å². The lowest BCUT2D eigenvalue weighted by Crippen LogP contribution is -2.10. The molecule has 1 amide bonds. The largest absolute Gasteiger partial charge is 0.476 e. The van der Waals surface area contributed by atoms with E-state index in [0.717, 1.165) is 19.1 Å². The lowest BCUT2D eigenvalue weighted by molar-refractivity contribution is 0.0510. The number of nitrogens with two attached hydrogens (primary N) is 2. The van der Waals surface area contributed by atoms with Crippen LogP contribution in [-0.2, 0) is 9.47 Å². The summed E-state index contributed by atoms with van der Waals surface area (Å²) in [7, 11) is 0. The molecule has 12 aromatic rings. The molecule has 7 heterocycles. The lowest BCUT2D eigenvalue weighted by Gasteiger charge is -2.08. The summed E-state index contributed by atoms with van der Waals surface area (Å²) >= 11 is 2.97. The molecule has 0 saturated heterocycles. The number of rotatable bonds is 19. The van der Waals surface area contributed by atoms with E-state index in [0.29, 0.717) is 65.3 Å². The molecule has 100 heavy (non-hydrogen) atoms. The number of ether oxygens (including phenoxy) is 2. The van der Waals surface area contributed by atoms with Crippen LogP contribution in [0.1, 0.15) is 122 Å². The molecule has 512 valence electrons. The number of hydrogen-bond acceptors (Lipinski definition) is 24. The fourth-order valence-corrected chi connectivity index (χ4v) is 8.20. The Labute approximate surface area is 570 Å². The number of carbonyl (C=O) groups excluding carboxylic acids is 4. The number of oxazole rings is 7. The first-order valence-corrected chi connectivity index (χ1v) is 30.0. The Balaban J connectivity index is 0.000000173. The minimum absolute atomic E-state index is 0.0503. The maximum Gasteiger partial charge on any atom is 0.360 e. The highest BCUT2D eigenvalue weighted by Crippen LogP contribution is 2.29. The van der Waals surface area contributed by atoms with Crippen LogP contribution in [0.2, 0.25) is 0 Å². The number of halogens is 6. The van der Waals surface area contributed by atoms with Crippen molar-refractivity contribution in [3.63, 3.8) is 0 Å². The number of carbonyl (C=O) groups is 5. The fourth-order valence-electron chi connectivity index (χ4n) is 7.91. The molecule has 7 aromatic heterocycles. The smallest absolute Gasteiger partial charge is 0.360 e. The Morgan fingerprint density at radius 3 is 1.31 bits per heavy atom. The second kappa shape index (κ2) is 37.5. The molecule has 1 atom stereocenters. The Morgan fingerprint density at radius 2 is 0.930 bits per heavy atom. The molecule has 0 aliphatic rings. The first kappa shape index (κ1) is 74.6. The van der Waals surface area contributed by atoms with Crippen molar-refractivity contribution in [2.45, 2.75) is 52.0 Å². The van der Waals surface area contributed by atoms with E-state index < -0.39 is 29.9 Å². The minimum atomic E-state index is -1.16. The highest BCUT2D eigenvalue weighted by molar-refractivity contribution is 9.10. The molecule has 0 spiro atoms. The highest BCUT2D eigenvalue weighted by atomic mass is 79.9. The van der Waals surface area contributed by atoms with Gasteiger partial charge in [-0.15, -0.1) is 0 Å². The van der Waals surface area contributed by atoms with Gasteiger partial charge < -0.3 is 57.0 Å². The molecule has 0 radical (unpaired) electrons. The van der Waals surface area contributed by atoms with Gasteiger partial charge in [-0.3, -0.25) is 9.59 Å². The summed E-state index contributed by atoms with van der Waals surface area (Å²) in [5.74, 6) is -3.04. The number of benzene rings is 5. The van der Waals surface area contributed by atoms with Gasteiger partial charge in [-0.2, -0.15) is 25.5 Å². The van der Waals surface area contributed by atoms with E-state index in [1.165, 1.54) is 147 Å². The minimum Gasteiger partial charge on any atom is -0.476 e. The van der Waals surface area contributed by atoms with Crippen molar-refractivity contribution in [3.8, 4) is 69.4 Å². The molecule has 32 heteroatoms.